The summed E-state index contributed by atoms with van der Waals surface area (Å²) in [6.07, 6.45) is 3.91. The van der Waals surface area contributed by atoms with Gasteiger partial charge < -0.3 is 10.4 Å². The Morgan fingerprint density at radius 2 is 1.37 bits per heavy atom. The van der Waals surface area contributed by atoms with Gasteiger partial charge in [-0.05, 0) is 52.9 Å². The van der Waals surface area contributed by atoms with Crippen LogP contribution in [0, 0.1) is 0 Å². The lowest BCUT2D eigenvalue weighted by Gasteiger charge is -2.21. The van der Waals surface area contributed by atoms with Crippen molar-refractivity contribution in [2.45, 2.75) is 71.1 Å². The minimum absolute atomic E-state index is 0.0953. The molecule has 220 valence electrons. The molecule has 0 heterocycles. The molecule has 8 heteroatoms. The number of alkyl halides is 3. The second-order valence-corrected chi connectivity index (χ2v) is 10.4. The van der Waals surface area contributed by atoms with Gasteiger partial charge in [-0.1, -0.05) is 94.0 Å². The van der Waals surface area contributed by atoms with Crippen LogP contribution in [0.1, 0.15) is 78.9 Å². The number of carbonyl (C=O) groups is 2. The summed E-state index contributed by atoms with van der Waals surface area (Å²) in [5, 5.41) is 12.4. The molecular weight excluding hydrogens is 529 g/mol. The Kier molecular flexibility index (Phi) is 12.4. The van der Waals surface area contributed by atoms with E-state index in [1.165, 1.54) is 44.2 Å². The number of carbonyl (C=O) groups excluding carboxylic acids is 1. The van der Waals surface area contributed by atoms with E-state index < -0.39 is 17.7 Å². The van der Waals surface area contributed by atoms with Crippen molar-refractivity contribution in [3.8, 4) is 11.1 Å². The monoisotopic (exact) mass is 568 g/mol. The highest BCUT2D eigenvalue weighted by Gasteiger charge is 2.30. The molecule has 0 fully saturated rings. The molecule has 0 saturated carbocycles. The van der Waals surface area contributed by atoms with Crippen LogP contribution in [0.5, 0.6) is 0 Å². The van der Waals surface area contributed by atoms with E-state index in [1.807, 2.05) is 42.5 Å². The van der Waals surface area contributed by atoms with E-state index in [-0.39, 0.29) is 19.0 Å². The van der Waals surface area contributed by atoms with Crippen molar-refractivity contribution < 1.29 is 27.9 Å². The number of aliphatic carboxylic acids is 1. The summed E-state index contributed by atoms with van der Waals surface area (Å²) < 4.78 is 38.6. The maximum Gasteiger partial charge on any atom is 0.416 e. The molecule has 3 rings (SSSR count). The molecular formula is C33H39F3N2O3. The molecule has 3 aromatic carbocycles. The van der Waals surface area contributed by atoms with Gasteiger partial charge in [0.05, 0.1) is 12.1 Å². The molecule has 5 nitrogen and oxygen atoms in total. The first-order chi connectivity index (χ1) is 19.7. The van der Waals surface area contributed by atoms with Crippen LogP contribution in [-0.2, 0) is 24.1 Å². The Bertz CT molecular complexity index is 1240. The summed E-state index contributed by atoms with van der Waals surface area (Å²) >= 11 is 0. The number of nitrogens with zero attached hydrogens (tertiary/aromatic N) is 1. The van der Waals surface area contributed by atoms with E-state index in [2.05, 4.69) is 12.2 Å². The Hall–Kier alpha value is -3.65. The average Bonchev–Trinajstić information content (AvgIpc) is 2.94. The smallest absolute Gasteiger partial charge is 0.416 e. The third kappa shape index (κ3) is 11.0. The zero-order valence-corrected chi connectivity index (χ0v) is 23.6. The highest BCUT2D eigenvalue weighted by molar-refractivity contribution is 5.95. The van der Waals surface area contributed by atoms with E-state index in [4.69, 9.17) is 0 Å². The molecule has 0 aliphatic heterocycles. The number of carboxylic acids is 1. The molecule has 3 aromatic rings. The standard InChI is InChI=1S/C33H39F3N2O3/c1-2-3-4-5-6-7-8-20-37-32(41)29-11-9-10-28(21-29)27-16-12-25(13-17-27)22-38(24-31(39)40)23-26-14-18-30(19-15-26)33(34,35)36/h9-19,21H,2-8,20,22-24H2,1H3,(H,37,41)(H,39,40). The van der Waals surface area contributed by atoms with Crippen LogP contribution in [0.25, 0.3) is 11.1 Å². The Balaban J connectivity index is 1.57. The van der Waals surface area contributed by atoms with Crippen molar-refractivity contribution in [1.29, 1.82) is 0 Å². The number of hydrogen-bond acceptors (Lipinski definition) is 3. The van der Waals surface area contributed by atoms with Gasteiger partial charge in [-0.15, -0.1) is 0 Å². The first-order valence-corrected chi connectivity index (χ1v) is 14.2. The minimum Gasteiger partial charge on any atom is -0.480 e. The van der Waals surface area contributed by atoms with Crippen molar-refractivity contribution in [3.63, 3.8) is 0 Å². The molecule has 1 amide bonds. The summed E-state index contributed by atoms with van der Waals surface area (Å²) in [7, 11) is 0. The van der Waals surface area contributed by atoms with Gasteiger partial charge in [-0.25, -0.2) is 0 Å². The molecule has 0 radical (unpaired) electrons. The van der Waals surface area contributed by atoms with Gasteiger partial charge >= 0.3 is 12.1 Å². The predicted octanol–water partition coefficient (Wildman–Crippen LogP) is 7.94. The number of carboxylic acid groups (broad SMARTS) is 1. The molecule has 0 spiro atoms. The van der Waals surface area contributed by atoms with Crippen molar-refractivity contribution in [2.75, 3.05) is 13.1 Å². The quantitative estimate of drug-likeness (QED) is 0.172. The molecule has 2 N–H and O–H groups in total. The van der Waals surface area contributed by atoms with Crippen LogP contribution >= 0.6 is 0 Å². The number of rotatable bonds is 16. The molecule has 41 heavy (non-hydrogen) atoms. The van der Waals surface area contributed by atoms with E-state index in [1.54, 1.807) is 11.0 Å². The van der Waals surface area contributed by atoms with E-state index in [0.29, 0.717) is 24.2 Å². The third-order valence-electron chi connectivity index (χ3n) is 6.93. The van der Waals surface area contributed by atoms with Crippen LogP contribution in [0.2, 0.25) is 0 Å². The maximum atomic E-state index is 12.9. The summed E-state index contributed by atoms with van der Waals surface area (Å²) in [4.78, 5) is 25.8. The fraction of sp³-hybridized carbons (Fsp3) is 0.394. The van der Waals surface area contributed by atoms with Gasteiger partial charge in [-0.3, -0.25) is 14.5 Å². The van der Waals surface area contributed by atoms with Crippen LogP contribution in [0.3, 0.4) is 0 Å². The van der Waals surface area contributed by atoms with Gasteiger partial charge in [0.15, 0.2) is 0 Å². The zero-order chi connectivity index (χ0) is 29.7. The molecule has 0 bridgehead atoms. The fourth-order valence-electron chi connectivity index (χ4n) is 4.70. The van der Waals surface area contributed by atoms with Crippen molar-refractivity contribution in [3.05, 3.63) is 95.1 Å². The Labute approximate surface area is 240 Å². The predicted molar refractivity (Wildman–Crippen MR) is 155 cm³/mol. The summed E-state index contributed by atoms with van der Waals surface area (Å²) in [6, 6.07) is 19.8. The summed E-state index contributed by atoms with van der Waals surface area (Å²) in [6.45, 7) is 3.12. The first-order valence-electron chi connectivity index (χ1n) is 14.2. The van der Waals surface area contributed by atoms with Crippen LogP contribution in [-0.4, -0.2) is 35.0 Å². The molecule has 0 aliphatic carbocycles. The van der Waals surface area contributed by atoms with E-state index >= 15 is 0 Å². The van der Waals surface area contributed by atoms with Gasteiger partial charge in [-0.2, -0.15) is 13.2 Å². The van der Waals surface area contributed by atoms with E-state index in [9.17, 15) is 27.9 Å². The first kappa shape index (κ1) is 31.9. The molecule has 0 aromatic heterocycles. The number of amides is 1. The highest BCUT2D eigenvalue weighted by atomic mass is 19.4. The second kappa shape index (κ2) is 16.0. The van der Waals surface area contributed by atoms with Crippen molar-refractivity contribution in [1.82, 2.24) is 10.2 Å². The van der Waals surface area contributed by atoms with Crippen molar-refractivity contribution in [2.24, 2.45) is 0 Å². The second-order valence-electron chi connectivity index (χ2n) is 10.4. The molecule has 0 aliphatic rings. The Morgan fingerprint density at radius 1 is 0.780 bits per heavy atom. The molecule has 0 unspecified atom stereocenters. The Morgan fingerprint density at radius 3 is 1.95 bits per heavy atom. The SMILES string of the molecule is CCCCCCCCCNC(=O)c1cccc(-c2ccc(CN(CC(=O)O)Cc3ccc(C(F)(F)F)cc3)cc2)c1. The van der Waals surface area contributed by atoms with Crippen LogP contribution in [0.4, 0.5) is 13.2 Å². The fourth-order valence-corrected chi connectivity index (χ4v) is 4.70. The normalized spacial score (nSPS) is 11.5. The third-order valence-corrected chi connectivity index (χ3v) is 6.93. The highest BCUT2D eigenvalue weighted by Crippen LogP contribution is 2.29. The van der Waals surface area contributed by atoms with Gasteiger partial charge in [0.2, 0.25) is 0 Å². The number of unbranched alkanes of at least 4 members (excludes halogenated alkanes) is 6. The van der Waals surface area contributed by atoms with Gasteiger partial charge in [0, 0.05) is 25.2 Å². The zero-order valence-electron chi connectivity index (χ0n) is 23.6. The number of nitrogens with one attached hydrogen (secondary N) is 1. The topological polar surface area (TPSA) is 69.6 Å². The number of hydrogen-bond donors (Lipinski definition) is 2. The number of benzene rings is 3. The lowest BCUT2D eigenvalue weighted by Crippen LogP contribution is -2.29. The molecule has 0 saturated heterocycles. The summed E-state index contributed by atoms with van der Waals surface area (Å²) in [5.41, 5.74) is 3.13. The largest absolute Gasteiger partial charge is 0.480 e. The minimum atomic E-state index is -4.42. The van der Waals surface area contributed by atoms with E-state index in [0.717, 1.165) is 41.7 Å². The average molecular weight is 569 g/mol. The lowest BCUT2D eigenvalue weighted by molar-refractivity contribution is -0.139. The maximum absolute atomic E-state index is 12.9. The van der Waals surface area contributed by atoms with Crippen LogP contribution in [0.15, 0.2) is 72.8 Å². The summed E-state index contributed by atoms with van der Waals surface area (Å²) in [5.74, 6) is -1.11. The van der Waals surface area contributed by atoms with Crippen LogP contribution < -0.4 is 5.32 Å². The van der Waals surface area contributed by atoms with Crippen molar-refractivity contribution >= 4 is 11.9 Å². The number of halogens is 3. The van der Waals surface area contributed by atoms with Gasteiger partial charge in [0.1, 0.15) is 0 Å². The molecule has 0 atom stereocenters. The lowest BCUT2D eigenvalue weighted by atomic mass is 10.0. The van der Waals surface area contributed by atoms with Gasteiger partial charge in [0.25, 0.3) is 5.91 Å².